The Hall–Kier alpha value is -3.84. The highest BCUT2D eigenvalue weighted by molar-refractivity contribution is 5.69. The number of hydrogen-bond acceptors (Lipinski definition) is 6. The van der Waals surface area contributed by atoms with Gasteiger partial charge in [-0.05, 0) is 55.3 Å². The summed E-state index contributed by atoms with van der Waals surface area (Å²) in [6, 6.07) is 17.5. The van der Waals surface area contributed by atoms with Crippen molar-refractivity contribution in [3.05, 3.63) is 88.5 Å². The quantitative estimate of drug-likeness (QED) is 0.405. The fourth-order valence-electron chi connectivity index (χ4n) is 3.47. The number of hydrogen-bond donors (Lipinski definition) is 1. The van der Waals surface area contributed by atoms with Crippen LogP contribution in [0.25, 0.3) is 17.0 Å². The number of benzene rings is 2. The summed E-state index contributed by atoms with van der Waals surface area (Å²) in [5, 5.41) is 3.27. The SMILES string of the molecule is CCOCc1ccc(C)c(Nc2ncc(-c3cc(N(C)C)cc(-n4ccccc4=O)c3)o2)c1. The fourth-order valence-corrected chi connectivity index (χ4v) is 3.47. The summed E-state index contributed by atoms with van der Waals surface area (Å²) in [6.07, 6.45) is 3.44. The second-order valence-electron chi connectivity index (χ2n) is 7.98. The molecule has 2 aromatic carbocycles. The first kappa shape index (κ1) is 22.4. The van der Waals surface area contributed by atoms with E-state index < -0.39 is 0 Å². The van der Waals surface area contributed by atoms with Gasteiger partial charge in [0, 0.05) is 49.9 Å². The van der Waals surface area contributed by atoms with Gasteiger partial charge in [0.15, 0.2) is 5.76 Å². The molecular weight excluding hydrogens is 416 g/mol. The van der Waals surface area contributed by atoms with Gasteiger partial charge in [0.2, 0.25) is 0 Å². The molecule has 0 atom stereocenters. The van der Waals surface area contributed by atoms with Gasteiger partial charge in [0.25, 0.3) is 11.6 Å². The number of pyridine rings is 1. The van der Waals surface area contributed by atoms with Crippen molar-refractivity contribution >= 4 is 17.4 Å². The van der Waals surface area contributed by atoms with E-state index in [4.69, 9.17) is 9.15 Å². The Morgan fingerprint density at radius 2 is 1.97 bits per heavy atom. The third kappa shape index (κ3) is 5.15. The molecule has 0 amide bonds. The van der Waals surface area contributed by atoms with Gasteiger partial charge in [-0.2, -0.15) is 0 Å². The number of nitrogens with zero attached hydrogens (tertiary/aromatic N) is 3. The molecule has 7 nitrogen and oxygen atoms in total. The topological polar surface area (TPSA) is 72.5 Å². The number of oxazole rings is 1. The van der Waals surface area contributed by atoms with Crippen molar-refractivity contribution in [2.75, 3.05) is 30.9 Å². The van der Waals surface area contributed by atoms with Crippen LogP contribution in [-0.2, 0) is 11.3 Å². The van der Waals surface area contributed by atoms with Gasteiger partial charge in [-0.3, -0.25) is 9.36 Å². The van der Waals surface area contributed by atoms with Gasteiger partial charge in [-0.25, -0.2) is 4.98 Å². The zero-order chi connectivity index (χ0) is 23.4. The van der Waals surface area contributed by atoms with E-state index in [1.807, 2.05) is 69.2 Å². The highest BCUT2D eigenvalue weighted by Gasteiger charge is 2.12. The van der Waals surface area contributed by atoms with Crippen molar-refractivity contribution in [1.29, 1.82) is 0 Å². The third-order valence-electron chi connectivity index (χ3n) is 5.33. The summed E-state index contributed by atoms with van der Waals surface area (Å²) in [7, 11) is 3.92. The minimum atomic E-state index is -0.0957. The van der Waals surface area contributed by atoms with E-state index in [-0.39, 0.29) is 5.56 Å². The predicted molar refractivity (Wildman–Crippen MR) is 132 cm³/mol. The van der Waals surface area contributed by atoms with Crippen LogP contribution in [0.15, 0.2) is 76.2 Å². The summed E-state index contributed by atoms with van der Waals surface area (Å²) >= 11 is 0. The van der Waals surface area contributed by atoms with E-state index >= 15 is 0 Å². The van der Waals surface area contributed by atoms with E-state index in [1.54, 1.807) is 29.1 Å². The molecule has 2 heterocycles. The monoisotopic (exact) mass is 444 g/mol. The van der Waals surface area contributed by atoms with Crippen molar-refractivity contribution in [3.8, 4) is 17.0 Å². The molecule has 0 aliphatic rings. The normalized spacial score (nSPS) is 10.9. The highest BCUT2D eigenvalue weighted by Crippen LogP contribution is 2.30. The van der Waals surface area contributed by atoms with Gasteiger partial charge in [0.05, 0.1) is 18.5 Å². The van der Waals surface area contributed by atoms with Gasteiger partial charge < -0.3 is 19.4 Å². The molecule has 4 rings (SSSR count). The molecule has 0 saturated carbocycles. The summed E-state index contributed by atoms with van der Waals surface area (Å²) in [5.74, 6) is 0.606. The number of aromatic nitrogens is 2. The highest BCUT2D eigenvalue weighted by atomic mass is 16.5. The first-order valence-corrected chi connectivity index (χ1v) is 10.9. The van der Waals surface area contributed by atoms with Crippen molar-refractivity contribution in [1.82, 2.24) is 9.55 Å². The maximum atomic E-state index is 12.4. The van der Waals surface area contributed by atoms with Gasteiger partial charge in [-0.1, -0.05) is 18.2 Å². The van der Waals surface area contributed by atoms with Crippen LogP contribution in [0.2, 0.25) is 0 Å². The van der Waals surface area contributed by atoms with E-state index in [0.29, 0.717) is 25.0 Å². The van der Waals surface area contributed by atoms with Crippen LogP contribution in [-0.4, -0.2) is 30.3 Å². The van der Waals surface area contributed by atoms with Gasteiger partial charge in [-0.15, -0.1) is 0 Å². The minimum Gasteiger partial charge on any atom is -0.423 e. The zero-order valence-electron chi connectivity index (χ0n) is 19.3. The van der Waals surface area contributed by atoms with Crippen molar-refractivity contribution in [2.24, 2.45) is 0 Å². The molecule has 7 heteroatoms. The lowest BCUT2D eigenvalue weighted by Crippen LogP contribution is -2.16. The van der Waals surface area contributed by atoms with Crippen LogP contribution < -0.4 is 15.8 Å². The number of aryl methyl sites for hydroxylation is 1. The Morgan fingerprint density at radius 1 is 1.12 bits per heavy atom. The molecule has 0 bridgehead atoms. The smallest absolute Gasteiger partial charge is 0.299 e. The standard InChI is InChI=1S/C26H28N4O3/c1-5-32-17-19-10-9-18(2)23(12-19)28-26-27-16-24(33-26)20-13-21(29(3)4)15-22(14-20)30-11-7-6-8-25(30)31/h6-16H,5,17H2,1-4H3,(H,27,28). The first-order valence-electron chi connectivity index (χ1n) is 10.9. The average molecular weight is 445 g/mol. The molecule has 0 aliphatic heterocycles. The second-order valence-corrected chi connectivity index (χ2v) is 7.98. The Kier molecular flexibility index (Phi) is 6.60. The van der Waals surface area contributed by atoms with Crippen molar-refractivity contribution < 1.29 is 9.15 Å². The molecule has 0 fully saturated rings. The Morgan fingerprint density at radius 3 is 2.73 bits per heavy atom. The molecule has 2 aromatic heterocycles. The molecule has 0 radical (unpaired) electrons. The molecular formula is C26H28N4O3. The molecule has 33 heavy (non-hydrogen) atoms. The lowest BCUT2D eigenvalue weighted by Gasteiger charge is -2.16. The number of ether oxygens (including phenoxy) is 1. The van der Waals surface area contributed by atoms with Crippen molar-refractivity contribution in [3.63, 3.8) is 0 Å². The maximum absolute atomic E-state index is 12.4. The lowest BCUT2D eigenvalue weighted by molar-refractivity contribution is 0.134. The number of nitrogens with one attached hydrogen (secondary N) is 1. The lowest BCUT2D eigenvalue weighted by atomic mass is 10.1. The molecule has 0 aliphatic carbocycles. The summed E-state index contributed by atoms with van der Waals surface area (Å²) in [5.41, 5.74) is 5.51. The van der Waals surface area contributed by atoms with Crippen LogP contribution in [0.4, 0.5) is 17.4 Å². The molecule has 0 spiro atoms. The van der Waals surface area contributed by atoms with Crippen molar-refractivity contribution in [2.45, 2.75) is 20.5 Å². The summed E-state index contributed by atoms with van der Waals surface area (Å²) in [4.78, 5) is 18.8. The first-order chi connectivity index (χ1) is 15.9. The molecule has 4 aromatic rings. The molecule has 0 unspecified atom stereocenters. The Balaban J connectivity index is 1.66. The van der Waals surface area contributed by atoms with E-state index in [2.05, 4.69) is 16.4 Å². The Labute approximate surface area is 193 Å². The average Bonchev–Trinajstić information content (AvgIpc) is 3.28. The van der Waals surface area contributed by atoms with Crippen LogP contribution >= 0.6 is 0 Å². The zero-order valence-corrected chi connectivity index (χ0v) is 19.3. The minimum absolute atomic E-state index is 0.0957. The summed E-state index contributed by atoms with van der Waals surface area (Å²) in [6.45, 7) is 5.23. The second kappa shape index (κ2) is 9.75. The van der Waals surface area contributed by atoms with Crippen LogP contribution in [0, 0.1) is 6.92 Å². The molecule has 0 saturated heterocycles. The van der Waals surface area contributed by atoms with Crippen LogP contribution in [0.1, 0.15) is 18.1 Å². The van der Waals surface area contributed by atoms with E-state index in [9.17, 15) is 4.79 Å². The van der Waals surface area contributed by atoms with Crippen LogP contribution in [0.5, 0.6) is 0 Å². The summed E-state index contributed by atoms with van der Waals surface area (Å²) < 4.78 is 13.2. The van der Waals surface area contributed by atoms with E-state index in [0.717, 1.165) is 33.8 Å². The Bertz CT molecular complexity index is 1310. The maximum Gasteiger partial charge on any atom is 0.299 e. The largest absolute Gasteiger partial charge is 0.423 e. The van der Waals surface area contributed by atoms with Crippen LogP contribution in [0.3, 0.4) is 0 Å². The molecule has 1 N–H and O–H groups in total. The fraction of sp³-hybridized carbons (Fsp3) is 0.231. The third-order valence-corrected chi connectivity index (χ3v) is 5.33. The van der Waals surface area contributed by atoms with Gasteiger partial charge >= 0.3 is 0 Å². The number of anilines is 3. The van der Waals surface area contributed by atoms with E-state index in [1.165, 1.54) is 0 Å². The van der Waals surface area contributed by atoms with Gasteiger partial charge in [0.1, 0.15) is 0 Å². The number of rotatable bonds is 8. The predicted octanol–water partition coefficient (Wildman–Crippen LogP) is 5.15. The molecule has 170 valence electrons.